The van der Waals surface area contributed by atoms with E-state index < -0.39 is 5.91 Å². The Morgan fingerprint density at radius 2 is 2.40 bits per heavy atom. The van der Waals surface area contributed by atoms with Gasteiger partial charge in [0.05, 0.1) is 10.7 Å². The second kappa shape index (κ2) is 5.60. The van der Waals surface area contributed by atoms with Crippen LogP contribution >= 0.6 is 27.5 Å². The van der Waals surface area contributed by atoms with Crippen LogP contribution in [0.5, 0.6) is 0 Å². The fourth-order valence-corrected chi connectivity index (χ4v) is 1.60. The normalized spacial score (nSPS) is 9.20. The van der Waals surface area contributed by atoms with Gasteiger partial charge >= 0.3 is 0 Å². The van der Waals surface area contributed by atoms with Crippen molar-refractivity contribution >= 4 is 39.1 Å². The zero-order chi connectivity index (χ0) is 11.3. The van der Waals surface area contributed by atoms with Crippen LogP contribution in [0.3, 0.4) is 0 Å². The molecule has 1 N–H and O–H groups in total. The number of carbonyl (C=O) groups excluding carboxylic acids is 1. The first-order chi connectivity index (χ1) is 7.13. The molecule has 5 nitrogen and oxygen atoms in total. The number of halogens is 2. The lowest BCUT2D eigenvalue weighted by Gasteiger charge is -2.05. The number of carbonyl (C=O) groups is 1. The number of amides is 1. The Balaban J connectivity index is 2.72. The van der Waals surface area contributed by atoms with E-state index in [1.807, 2.05) is 0 Å². The molecular formula is C8H6BrClN4O. The van der Waals surface area contributed by atoms with Gasteiger partial charge < -0.3 is 5.32 Å². The molecule has 0 atom stereocenters. The first-order valence-electron chi connectivity index (χ1n) is 3.89. The lowest BCUT2D eigenvalue weighted by molar-refractivity contribution is -0.114. The topological polar surface area (TPSA) is 77.9 Å². The standard InChI is InChI=1S/C8H6BrClN4O/c9-5-1-2-7(6(10)3-5)13-8(15)4-12-14-11/h1-3H,4H2,(H,13,15). The van der Waals surface area contributed by atoms with Gasteiger partial charge in [-0.3, -0.25) is 4.79 Å². The zero-order valence-corrected chi connectivity index (χ0v) is 9.79. The van der Waals surface area contributed by atoms with Gasteiger partial charge in [-0.1, -0.05) is 32.6 Å². The Morgan fingerprint density at radius 1 is 1.67 bits per heavy atom. The van der Waals surface area contributed by atoms with Crippen molar-refractivity contribution in [2.75, 3.05) is 11.9 Å². The molecule has 0 heterocycles. The first-order valence-corrected chi connectivity index (χ1v) is 5.06. The molecule has 0 unspecified atom stereocenters. The smallest absolute Gasteiger partial charge is 0.230 e. The summed E-state index contributed by atoms with van der Waals surface area (Å²) < 4.78 is 0.820. The van der Waals surface area contributed by atoms with Gasteiger partial charge in [0.2, 0.25) is 5.91 Å². The Morgan fingerprint density at radius 3 is 3.00 bits per heavy atom. The summed E-state index contributed by atoms with van der Waals surface area (Å²) in [4.78, 5) is 13.6. The van der Waals surface area contributed by atoms with E-state index in [0.717, 1.165) is 4.47 Å². The lowest BCUT2D eigenvalue weighted by atomic mass is 10.3. The number of hydrogen-bond donors (Lipinski definition) is 1. The summed E-state index contributed by atoms with van der Waals surface area (Å²) >= 11 is 9.10. The second-order valence-corrected chi connectivity index (χ2v) is 3.88. The summed E-state index contributed by atoms with van der Waals surface area (Å²) in [6.07, 6.45) is 0. The molecule has 0 saturated carbocycles. The summed E-state index contributed by atoms with van der Waals surface area (Å²) in [6, 6.07) is 5.06. The van der Waals surface area contributed by atoms with Crippen LogP contribution in [0.4, 0.5) is 5.69 Å². The van der Waals surface area contributed by atoms with E-state index in [-0.39, 0.29) is 6.54 Å². The molecule has 0 fully saturated rings. The van der Waals surface area contributed by atoms with Crippen LogP contribution in [0.2, 0.25) is 5.02 Å². The third kappa shape index (κ3) is 3.79. The predicted octanol–water partition coefficient (Wildman–Crippen LogP) is 3.35. The molecule has 0 saturated heterocycles. The van der Waals surface area contributed by atoms with E-state index in [1.54, 1.807) is 18.2 Å². The van der Waals surface area contributed by atoms with Crippen LogP contribution in [-0.4, -0.2) is 12.5 Å². The van der Waals surface area contributed by atoms with E-state index in [1.165, 1.54) is 0 Å². The van der Waals surface area contributed by atoms with E-state index in [9.17, 15) is 4.79 Å². The maximum absolute atomic E-state index is 11.2. The van der Waals surface area contributed by atoms with Gasteiger partial charge in [0.15, 0.2) is 0 Å². The van der Waals surface area contributed by atoms with E-state index in [4.69, 9.17) is 17.1 Å². The highest BCUT2D eigenvalue weighted by Crippen LogP contribution is 2.25. The van der Waals surface area contributed by atoms with E-state index in [0.29, 0.717) is 10.7 Å². The quantitative estimate of drug-likeness (QED) is 0.517. The SMILES string of the molecule is [N-]=[N+]=NCC(=O)Nc1ccc(Br)cc1Cl. The number of anilines is 1. The summed E-state index contributed by atoms with van der Waals surface area (Å²) in [5, 5.41) is 6.06. The van der Waals surface area contributed by atoms with Gasteiger partial charge in [0.1, 0.15) is 6.54 Å². The third-order valence-electron chi connectivity index (χ3n) is 1.48. The Bertz CT molecular complexity index is 431. The number of benzene rings is 1. The van der Waals surface area contributed by atoms with Crippen LogP contribution in [0.1, 0.15) is 0 Å². The minimum Gasteiger partial charge on any atom is -0.325 e. The van der Waals surface area contributed by atoms with Crippen molar-refractivity contribution in [2.45, 2.75) is 0 Å². The van der Waals surface area contributed by atoms with Gasteiger partial charge in [-0.2, -0.15) is 0 Å². The van der Waals surface area contributed by atoms with Crippen molar-refractivity contribution in [2.24, 2.45) is 5.11 Å². The minimum absolute atomic E-state index is 0.247. The van der Waals surface area contributed by atoms with Crippen molar-refractivity contribution in [3.63, 3.8) is 0 Å². The molecule has 1 aromatic carbocycles. The number of rotatable bonds is 3. The van der Waals surface area contributed by atoms with Gasteiger partial charge in [-0.15, -0.1) is 0 Å². The molecule has 1 rings (SSSR count). The molecule has 0 bridgehead atoms. The number of nitrogens with one attached hydrogen (secondary N) is 1. The van der Waals surface area contributed by atoms with Crippen molar-refractivity contribution in [1.29, 1.82) is 0 Å². The average Bonchev–Trinajstić information content (AvgIpc) is 2.19. The monoisotopic (exact) mass is 288 g/mol. The van der Waals surface area contributed by atoms with Gasteiger partial charge in [-0.25, -0.2) is 0 Å². The second-order valence-electron chi connectivity index (χ2n) is 2.56. The van der Waals surface area contributed by atoms with Gasteiger partial charge in [0.25, 0.3) is 0 Å². The molecular weight excluding hydrogens is 283 g/mol. The van der Waals surface area contributed by atoms with Crippen LogP contribution in [0, 0.1) is 0 Å². The maximum atomic E-state index is 11.2. The highest BCUT2D eigenvalue weighted by atomic mass is 79.9. The number of hydrogen-bond acceptors (Lipinski definition) is 2. The molecule has 78 valence electrons. The summed E-state index contributed by atoms with van der Waals surface area (Å²) in [6.45, 7) is -0.247. The molecule has 0 radical (unpaired) electrons. The fourth-order valence-electron chi connectivity index (χ4n) is 0.876. The average molecular weight is 290 g/mol. The van der Waals surface area contributed by atoms with E-state index in [2.05, 4.69) is 31.3 Å². The third-order valence-corrected chi connectivity index (χ3v) is 2.29. The fraction of sp³-hybridized carbons (Fsp3) is 0.125. The molecule has 0 aromatic heterocycles. The predicted molar refractivity (Wildman–Crippen MR) is 61.8 cm³/mol. The summed E-state index contributed by atoms with van der Waals surface area (Å²) in [5.74, 6) is -0.406. The summed E-state index contributed by atoms with van der Waals surface area (Å²) in [7, 11) is 0. The molecule has 7 heteroatoms. The van der Waals surface area contributed by atoms with Crippen molar-refractivity contribution in [3.8, 4) is 0 Å². The summed E-state index contributed by atoms with van der Waals surface area (Å²) in [5.41, 5.74) is 8.50. The molecule has 15 heavy (non-hydrogen) atoms. The maximum Gasteiger partial charge on any atom is 0.230 e. The van der Waals surface area contributed by atoms with E-state index >= 15 is 0 Å². The molecule has 0 aliphatic carbocycles. The molecule has 1 amide bonds. The molecule has 0 aliphatic heterocycles. The Kier molecular flexibility index (Phi) is 4.42. The van der Waals surface area contributed by atoms with Crippen LogP contribution in [0.25, 0.3) is 10.4 Å². The molecule has 1 aromatic rings. The van der Waals surface area contributed by atoms with Crippen LogP contribution < -0.4 is 5.32 Å². The van der Waals surface area contributed by atoms with Crippen molar-refractivity contribution in [3.05, 3.63) is 38.1 Å². The van der Waals surface area contributed by atoms with Crippen molar-refractivity contribution in [1.82, 2.24) is 0 Å². The largest absolute Gasteiger partial charge is 0.325 e. The first kappa shape index (κ1) is 11.8. The van der Waals surface area contributed by atoms with Gasteiger partial charge in [0, 0.05) is 9.38 Å². The number of azide groups is 1. The lowest BCUT2D eigenvalue weighted by Crippen LogP contribution is -2.14. The Hall–Kier alpha value is -1.23. The highest BCUT2D eigenvalue weighted by molar-refractivity contribution is 9.10. The van der Waals surface area contributed by atoms with Crippen LogP contribution in [-0.2, 0) is 4.79 Å². The Labute approximate surface area is 99.2 Å². The minimum atomic E-state index is -0.406. The van der Waals surface area contributed by atoms with Crippen LogP contribution in [0.15, 0.2) is 27.8 Å². The molecule has 0 spiro atoms. The number of nitrogens with zero attached hydrogens (tertiary/aromatic N) is 3. The molecule has 0 aliphatic rings. The zero-order valence-electron chi connectivity index (χ0n) is 7.44. The van der Waals surface area contributed by atoms with Gasteiger partial charge in [-0.05, 0) is 23.7 Å². The highest BCUT2D eigenvalue weighted by Gasteiger charge is 2.04. The van der Waals surface area contributed by atoms with Crippen molar-refractivity contribution < 1.29 is 4.79 Å².